The van der Waals surface area contributed by atoms with E-state index in [0.717, 1.165) is 18.6 Å². The first kappa shape index (κ1) is 15.0. The molecule has 1 aromatic carbocycles. The lowest BCUT2D eigenvalue weighted by atomic mass is 9.86. The summed E-state index contributed by atoms with van der Waals surface area (Å²) in [6.45, 7) is 11.6. The van der Waals surface area contributed by atoms with E-state index in [2.05, 4.69) is 52.8 Å². The molecule has 0 aliphatic rings. The average Bonchev–Trinajstić information content (AvgIpc) is 2.29. The Morgan fingerprint density at radius 3 is 2.39 bits per heavy atom. The summed E-state index contributed by atoms with van der Waals surface area (Å²) in [6.07, 6.45) is 2.14. The maximum absolute atomic E-state index is 6.02. The van der Waals surface area contributed by atoms with Crippen LogP contribution in [0.15, 0.2) is 18.2 Å². The van der Waals surface area contributed by atoms with Crippen molar-refractivity contribution in [2.75, 3.05) is 6.54 Å². The molecule has 2 nitrogen and oxygen atoms in total. The van der Waals surface area contributed by atoms with Crippen LogP contribution in [0.25, 0.3) is 0 Å². The molecule has 0 aliphatic heterocycles. The summed E-state index contributed by atoms with van der Waals surface area (Å²) in [7, 11) is 0. The first-order chi connectivity index (χ1) is 8.38. The van der Waals surface area contributed by atoms with Crippen LogP contribution in [0.5, 0.6) is 5.75 Å². The van der Waals surface area contributed by atoms with Gasteiger partial charge in [-0.1, -0.05) is 39.8 Å². The van der Waals surface area contributed by atoms with E-state index >= 15 is 0 Å². The average molecular weight is 249 g/mol. The van der Waals surface area contributed by atoms with Gasteiger partial charge in [0.25, 0.3) is 0 Å². The van der Waals surface area contributed by atoms with Crippen LogP contribution in [-0.2, 0) is 5.41 Å². The maximum atomic E-state index is 6.02. The third-order valence-corrected chi connectivity index (χ3v) is 3.28. The smallest absolute Gasteiger partial charge is 0.122 e. The van der Waals surface area contributed by atoms with E-state index in [1.54, 1.807) is 0 Å². The lowest BCUT2D eigenvalue weighted by Gasteiger charge is -2.22. The van der Waals surface area contributed by atoms with Gasteiger partial charge in [-0.3, -0.25) is 0 Å². The minimum atomic E-state index is 0.185. The fourth-order valence-electron chi connectivity index (χ4n) is 1.96. The number of ether oxygens (including phenoxy) is 1. The molecular formula is C16H27NO. The van der Waals surface area contributed by atoms with E-state index in [9.17, 15) is 0 Å². The summed E-state index contributed by atoms with van der Waals surface area (Å²) in [6, 6.07) is 6.48. The molecule has 1 unspecified atom stereocenters. The van der Waals surface area contributed by atoms with Gasteiger partial charge in [-0.05, 0) is 48.9 Å². The van der Waals surface area contributed by atoms with Crippen molar-refractivity contribution in [1.82, 2.24) is 0 Å². The molecular weight excluding hydrogens is 222 g/mol. The van der Waals surface area contributed by atoms with Crippen LogP contribution in [0.2, 0.25) is 0 Å². The quantitative estimate of drug-likeness (QED) is 0.861. The van der Waals surface area contributed by atoms with E-state index < -0.39 is 0 Å². The van der Waals surface area contributed by atoms with E-state index in [0.29, 0.717) is 6.54 Å². The predicted octanol–water partition coefficient (Wildman–Crippen LogP) is 3.80. The van der Waals surface area contributed by atoms with Gasteiger partial charge in [0.05, 0.1) is 6.10 Å². The van der Waals surface area contributed by atoms with Gasteiger partial charge in [-0.25, -0.2) is 0 Å². The van der Waals surface area contributed by atoms with E-state index in [1.165, 1.54) is 11.1 Å². The molecule has 1 rings (SSSR count). The van der Waals surface area contributed by atoms with Crippen molar-refractivity contribution >= 4 is 0 Å². The zero-order valence-electron chi connectivity index (χ0n) is 12.4. The monoisotopic (exact) mass is 249 g/mol. The zero-order valence-corrected chi connectivity index (χ0v) is 12.4. The Morgan fingerprint density at radius 1 is 1.28 bits per heavy atom. The molecule has 0 radical (unpaired) electrons. The second-order valence-corrected chi connectivity index (χ2v) is 5.96. The van der Waals surface area contributed by atoms with Crippen molar-refractivity contribution in [2.45, 2.75) is 59.0 Å². The number of hydrogen-bond acceptors (Lipinski definition) is 2. The van der Waals surface area contributed by atoms with E-state index in [4.69, 9.17) is 10.5 Å². The Hall–Kier alpha value is -1.02. The molecule has 0 saturated carbocycles. The van der Waals surface area contributed by atoms with Gasteiger partial charge >= 0.3 is 0 Å². The number of aryl methyl sites for hydroxylation is 1. The second-order valence-electron chi connectivity index (χ2n) is 5.96. The Bertz CT molecular complexity index is 379. The van der Waals surface area contributed by atoms with E-state index in [-0.39, 0.29) is 11.5 Å². The molecule has 0 bridgehead atoms. The van der Waals surface area contributed by atoms with E-state index in [1.807, 2.05) is 0 Å². The van der Waals surface area contributed by atoms with Gasteiger partial charge in [0, 0.05) is 0 Å². The molecule has 2 heteroatoms. The van der Waals surface area contributed by atoms with Gasteiger partial charge < -0.3 is 10.5 Å². The Kier molecular flexibility index (Phi) is 5.21. The second kappa shape index (κ2) is 6.24. The standard InChI is InChI=1S/C16H27NO/c1-6-14(9-10-17)18-15-8-7-13(11-12(15)2)16(3,4)5/h7-8,11,14H,6,9-10,17H2,1-5H3. The SMILES string of the molecule is CCC(CCN)Oc1ccc(C(C)(C)C)cc1C. The van der Waals surface area contributed by atoms with Crippen LogP contribution in [0.3, 0.4) is 0 Å². The lowest BCUT2D eigenvalue weighted by Crippen LogP contribution is -2.20. The molecule has 102 valence electrons. The van der Waals surface area contributed by atoms with Gasteiger partial charge in [0.1, 0.15) is 5.75 Å². The number of rotatable bonds is 5. The summed E-state index contributed by atoms with van der Waals surface area (Å²) in [5.74, 6) is 0.989. The Labute approximate surface area is 112 Å². The Balaban J connectivity index is 2.85. The molecule has 18 heavy (non-hydrogen) atoms. The molecule has 0 aliphatic carbocycles. The minimum absolute atomic E-state index is 0.185. The van der Waals surface area contributed by atoms with Crippen molar-refractivity contribution in [3.8, 4) is 5.75 Å². The molecule has 0 aromatic heterocycles. The van der Waals surface area contributed by atoms with Crippen molar-refractivity contribution < 1.29 is 4.74 Å². The molecule has 0 heterocycles. The molecule has 0 saturated heterocycles. The summed E-state index contributed by atoms with van der Waals surface area (Å²) >= 11 is 0. The number of nitrogens with two attached hydrogens (primary N) is 1. The zero-order chi connectivity index (χ0) is 13.8. The summed E-state index contributed by atoms with van der Waals surface area (Å²) in [5.41, 5.74) is 8.34. The third kappa shape index (κ3) is 4.02. The molecule has 2 N–H and O–H groups in total. The Morgan fingerprint density at radius 2 is 1.94 bits per heavy atom. The molecule has 0 amide bonds. The molecule has 0 fully saturated rings. The maximum Gasteiger partial charge on any atom is 0.122 e. The topological polar surface area (TPSA) is 35.2 Å². The summed E-state index contributed by atoms with van der Waals surface area (Å²) in [5, 5.41) is 0. The fraction of sp³-hybridized carbons (Fsp3) is 0.625. The first-order valence-corrected chi connectivity index (χ1v) is 6.86. The lowest BCUT2D eigenvalue weighted by molar-refractivity contribution is 0.188. The van der Waals surface area contributed by atoms with Crippen LogP contribution in [-0.4, -0.2) is 12.6 Å². The van der Waals surface area contributed by atoms with Crippen LogP contribution in [0.1, 0.15) is 51.7 Å². The van der Waals surface area contributed by atoms with Gasteiger partial charge in [-0.15, -0.1) is 0 Å². The van der Waals surface area contributed by atoms with Gasteiger partial charge in [-0.2, -0.15) is 0 Å². The van der Waals surface area contributed by atoms with Crippen LogP contribution < -0.4 is 10.5 Å². The largest absolute Gasteiger partial charge is 0.490 e. The van der Waals surface area contributed by atoms with Crippen LogP contribution >= 0.6 is 0 Å². The summed E-state index contributed by atoms with van der Waals surface area (Å²) in [4.78, 5) is 0. The minimum Gasteiger partial charge on any atom is -0.490 e. The number of benzene rings is 1. The highest BCUT2D eigenvalue weighted by atomic mass is 16.5. The van der Waals surface area contributed by atoms with Gasteiger partial charge in [0.15, 0.2) is 0 Å². The number of hydrogen-bond donors (Lipinski definition) is 1. The van der Waals surface area contributed by atoms with Gasteiger partial charge in [0.2, 0.25) is 0 Å². The first-order valence-electron chi connectivity index (χ1n) is 6.86. The molecule has 0 spiro atoms. The highest BCUT2D eigenvalue weighted by molar-refractivity contribution is 5.38. The van der Waals surface area contributed by atoms with Crippen molar-refractivity contribution in [2.24, 2.45) is 5.73 Å². The third-order valence-electron chi connectivity index (χ3n) is 3.28. The fourth-order valence-corrected chi connectivity index (χ4v) is 1.96. The van der Waals surface area contributed by atoms with Crippen molar-refractivity contribution in [3.05, 3.63) is 29.3 Å². The van der Waals surface area contributed by atoms with Crippen molar-refractivity contribution in [1.29, 1.82) is 0 Å². The highest BCUT2D eigenvalue weighted by Gasteiger charge is 2.15. The molecule has 1 aromatic rings. The summed E-state index contributed by atoms with van der Waals surface area (Å²) < 4.78 is 6.02. The predicted molar refractivity (Wildman–Crippen MR) is 78.3 cm³/mol. The molecule has 1 atom stereocenters. The normalized spacial score (nSPS) is 13.4. The van der Waals surface area contributed by atoms with Crippen molar-refractivity contribution in [3.63, 3.8) is 0 Å². The van der Waals surface area contributed by atoms with Crippen LogP contribution in [0.4, 0.5) is 0 Å². The van der Waals surface area contributed by atoms with Crippen LogP contribution in [0, 0.1) is 6.92 Å². The highest BCUT2D eigenvalue weighted by Crippen LogP contribution is 2.28.